The highest BCUT2D eigenvalue weighted by Crippen LogP contribution is 2.17. The highest BCUT2D eigenvalue weighted by molar-refractivity contribution is 5.90. The van der Waals surface area contributed by atoms with Crippen molar-refractivity contribution in [3.8, 4) is 5.75 Å². The number of nitrogens with zero attached hydrogens (tertiary/aromatic N) is 1. The molecule has 0 saturated heterocycles. The van der Waals surface area contributed by atoms with Crippen LogP contribution in [0, 0.1) is 0 Å². The number of aromatic amines is 1. The Balaban J connectivity index is 1.25. The maximum Gasteiger partial charge on any atom is 0.258 e. The van der Waals surface area contributed by atoms with Crippen molar-refractivity contribution >= 4 is 22.5 Å². The van der Waals surface area contributed by atoms with Crippen molar-refractivity contribution in [3.63, 3.8) is 0 Å². The smallest absolute Gasteiger partial charge is 0.258 e. The van der Waals surface area contributed by atoms with Crippen LogP contribution in [0.2, 0.25) is 0 Å². The molecule has 0 spiro atoms. The molecule has 0 aliphatic rings. The number of nitrogens with one attached hydrogen (secondary N) is 2. The minimum absolute atomic E-state index is 0.0823. The van der Waals surface area contributed by atoms with Crippen molar-refractivity contribution in [3.05, 3.63) is 101 Å². The Morgan fingerprint density at radius 2 is 1.68 bits per heavy atom. The van der Waals surface area contributed by atoms with Crippen molar-refractivity contribution in [1.82, 2.24) is 9.97 Å². The molecule has 31 heavy (non-hydrogen) atoms. The highest BCUT2D eigenvalue weighted by atomic mass is 16.5. The van der Waals surface area contributed by atoms with Gasteiger partial charge in [0.15, 0.2) is 0 Å². The van der Waals surface area contributed by atoms with Crippen LogP contribution in [0.5, 0.6) is 5.75 Å². The Morgan fingerprint density at radius 3 is 2.48 bits per heavy atom. The van der Waals surface area contributed by atoms with Crippen molar-refractivity contribution in [2.45, 2.75) is 25.9 Å². The summed E-state index contributed by atoms with van der Waals surface area (Å²) in [5, 5.41) is 3.45. The third-order valence-corrected chi connectivity index (χ3v) is 4.87. The molecule has 1 amide bonds. The summed E-state index contributed by atoms with van der Waals surface area (Å²) in [7, 11) is 0. The molecule has 0 atom stereocenters. The fraction of sp³-hybridized carbons (Fsp3) is 0.160. The number of fused-ring (bicyclic) bond motifs is 1. The Hall–Kier alpha value is -3.93. The molecule has 0 radical (unpaired) electrons. The average Bonchev–Trinajstić information content (AvgIpc) is 2.79. The molecule has 4 rings (SSSR count). The van der Waals surface area contributed by atoms with Gasteiger partial charge in [0.05, 0.1) is 10.9 Å². The number of H-pyrrole nitrogens is 1. The third kappa shape index (κ3) is 5.57. The first-order valence-electron chi connectivity index (χ1n) is 10.2. The van der Waals surface area contributed by atoms with Crippen molar-refractivity contribution in [2.75, 3.05) is 5.32 Å². The van der Waals surface area contributed by atoms with Crippen molar-refractivity contribution in [2.24, 2.45) is 0 Å². The van der Waals surface area contributed by atoms with E-state index in [1.165, 1.54) is 0 Å². The maximum atomic E-state index is 12.2. The first kappa shape index (κ1) is 20.3. The summed E-state index contributed by atoms with van der Waals surface area (Å²) in [5.74, 6) is 1.26. The topological polar surface area (TPSA) is 84.1 Å². The van der Waals surface area contributed by atoms with E-state index in [2.05, 4.69) is 15.3 Å². The highest BCUT2D eigenvalue weighted by Gasteiger charge is 2.06. The fourth-order valence-corrected chi connectivity index (χ4v) is 3.27. The number of carbonyl (C=O) groups is 1. The summed E-state index contributed by atoms with van der Waals surface area (Å²) < 4.78 is 5.76. The molecule has 0 aliphatic carbocycles. The lowest BCUT2D eigenvalue weighted by Crippen LogP contribution is -2.14. The molecule has 0 unspecified atom stereocenters. The van der Waals surface area contributed by atoms with Gasteiger partial charge in [0, 0.05) is 18.5 Å². The normalized spacial score (nSPS) is 10.7. The molecular weight excluding hydrogens is 390 g/mol. The number of hydrogen-bond donors (Lipinski definition) is 2. The van der Waals surface area contributed by atoms with E-state index < -0.39 is 0 Å². The van der Waals surface area contributed by atoms with Gasteiger partial charge in [-0.1, -0.05) is 42.5 Å². The lowest BCUT2D eigenvalue weighted by atomic mass is 10.2. The minimum atomic E-state index is -0.153. The molecule has 0 bridgehead atoms. The predicted octanol–water partition coefficient (Wildman–Crippen LogP) is 4.46. The average molecular weight is 413 g/mol. The van der Waals surface area contributed by atoms with Crippen LogP contribution in [0.4, 0.5) is 5.69 Å². The quantitative estimate of drug-likeness (QED) is 0.447. The number of carbonyl (C=O) groups excluding carboxylic acids is 1. The van der Waals surface area contributed by atoms with Crippen LogP contribution in [-0.4, -0.2) is 15.9 Å². The Kier molecular flexibility index (Phi) is 6.38. The molecule has 4 aromatic rings. The van der Waals surface area contributed by atoms with Crippen molar-refractivity contribution in [1.29, 1.82) is 0 Å². The Morgan fingerprint density at radius 1 is 0.935 bits per heavy atom. The number of para-hydroxylation sites is 1. The SMILES string of the molecule is O=C(CCCc1nc2ccccc2c(=O)[nH]1)Nc1ccc(OCc2ccccc2)cc1. The van der Waals surface area contributed by atoms with Crippen LogP contribution >= 0.6 is 0 Å². The van der Waals surface area contributed by atoms with Crippen LogP contribution in [0.15, 0.2) is 83.7 Å². The zero-order valence-corrected chi connectivity index (χ0v) is 17.0. The summed E-state index contributed by atoms with van der Waals surface area (Å²) in [4.78, 5) is 31.6. The summed E-state index contributed by atoms with van der Waals surface area (Å²) >= 11 is 0. The predicted molar refractivity (Wildman–Crippen MR) is 121 cm³/mol. The van der Waals surface area contributed by atoms with E-state index in [0.717, 1.165) is 11.3 Å². The minimum Gasteiger partial charge on any atom is -0.489 e. The lowest BCUT2D eigenvalue weighted by Gasteiger charge is -2.09. The Labute approximate surface area is 179 Å². The number of ether oxygens (including phenoxy) is 1. The van der Waals surface area contributed by atoms with Crippen LogP contribution in [0.1, 0.15) is 24.2 Å². The standard InChI is InChI=1S/C25H23N3O3/c29-24(12-6-11-23-27-22-10-5-4-9-21(22)25(30)28-23)26-19-13-15-20(16-14-19)31-17-18-7-2-1-3-8-18/h1-5,7-10,13-16H,6,11-12,17H2,(H,26,29)(H,27,28,30). The van der Waals surface area contributed by atoms with Gasteiger partial charge in [0.25, 0.3) is 5.56 Å². The number of hydrogen-bond acceptors (Lipinski definition) is 4. The summed E-state index contributed by atoms with van der Waals surface area (Å²) in [5.41, 5.74) is 2.33. The monoisotopic (exact) mass is 413 g/mol. The van der Waals surface area contributed by atoms with Gasteiger partial charge in [-0.3, -0.25) is 9.59 Å². The zero-order chi connectivity index (χ0) is 21.5. The number of amides is 1. The molecule has 156 valence electrons. The molecule has 1 aromatic heterocycles. The van der Waals surface area contributed by atoms with E-state index in [1.54, 1.807) is 6.07 Å². The van der Waals surface area contributed by atoms with Crippen LogP contribution in [0.25, 0.3) is 10.9 Å². The lowest BCUT2D eigenvalue weighted by molar-refractivity contribution is -0.116. The third-order valence-electron chi connectivity index (χ3n) is 4.87. The molecule has 0 saturated carbocycles. The van der Waals surface area contributed by atoms with Gasteiger partial charge < -0.3 is 15.0 Å². The number of aryl methyl sites for hydroxylation is 1. The molecule has 1 heterocycles. The largest absolute Gasteiger partial charge is 0.489 e. The second-order valence-electron chi connectivity index (χ2n) is 7.23. The molecular formula is C25H23N3O3. The van der Waals surface area contributed by atoms with E-state index >= 15 is 0 Å². The fourth-order valence-electron chi connectivity index (χ4n) is 3.27. The molecule has 0 fully saturated rings. The summed E-state index contributed by atoms with van der Waals surface area (Å²) in [6.07, 6.45) is 1.45. The first-order chi connectivity index (χ1) is 15.2. The van der Waals surface area contributed by atoms with Crippen molar-refractivity contribution < 1.29 is 9.53 Å². The van der Waals surface area contributed by atoms with Gasteiger partial charge in [0.1, 0.15) is 18.2 Å². The van der Waals surface area contributed by atoms with Gasteiger partial charge in [-0.25, -0.2) is 4.98 Å². The molecule has 3 aromatic carbocycles. The molecule has 2 N–H and O–H groups in total. The van der Waals surface area contributed by atoms with Gasteiger partial charge in [-0.05, 0) is 48.4 Å². The summed E-state index contributed by atoms with van der Waals surface area (Å²) in [6.45, 7) is 0.497. The van der Waals surface area contributed by atoms with Crippen LogP contribution < -0.4 is 15.6 Å². The van der Waals surface area contributed by atoms with Gasteiger partial charge >= 0.3 is 0 Å². The maximum absolute atomic E-state index is 12.2. The Bertz CT molecular complexity index is 1220. The number of anilines is 1. The molecule has 6 nitrogen and oxygen atoms in total. The zero-order valence-electron chi connectivity index (χ0n) is 17.0. The number of benzene rings is 3. The van der Waals surface area contributed by atoms with E-state index in [4.69, 9.17) is 4.74 Å². The van der Waals surface area contributed by atoms with Gasteiger partial charge in [0.2, 0.25) is 5.91 Å². The van der Waals surface area contributed by atoms with Gasteiger partial charge in [-0.15, -0.1) is 0 Å². The first-order valence-corrected chi connectivity index (χ1v) is 10.2. The van der Waals surface area contributed by atoms with E-state index in [0.29, 0.717) is 48.3 Å². The van der Waals surface area contributed by atoms with Crippen LogP contribution in [0.3, 0.4) is 0 Å². The molecule has 0 aliphatic heterocycles. The summed E-state index contributed by atoms with van der Waals surface area (Å²) in [6, 6.07) is 24.5. The second-order valence-corrected chi connectivity index (χ2v) is 7.23. The van der Waals surface area contributed by atoms with E-state index in [-0.39, 0.29) is 11.5 Å². The van der Waals surface area contributed by atoms with E-state index in [1.807, 2.05) is 72.8 Å². The second kappa shape index (κ2) is 9.71. The van der Waals surface area contributed by atoms with Crippen LogP contribution in [-0.2, 0) is 17.8 Å². The number of rotatable bonds is 8. The number of aromatic nitrogens is 2. The van der Waals surface area contributed by atoms with Gasteiger partial charge in [-0.2, -0.15) is 0 Å². The molecule has 6 heteroatoms. The van der Waals surface area contributed by atoms with E-state index in [9.17, 15) is 9.59 Å².